The molecule has 0 aliphatic heterocycles. The molecule has 0 radical (unpaired) electrons. The number of ketones is 1. The first-order chi connectivity index (χ1) is 6.97. The lowest BCUT2D eigenvalue weighted by molar-refractivity contribution is -0.115. The van der Waals surface area contributed by atoms with Gasteiger partial charge in [0.2, 0.25) is 5.78 Å². The summed E-state index contributed by atoms with van der Waals surface area (Å²) in [5, 5.41) is 0. The number of carbonyl (C=O) groups excluding carboxylic acids is 1. The van der Waals surface area contributed by atoms with Crippen molar-refractivity contribution in [3.8, 4) is 0 Å². The zero-order chi connectivity index (χ0) is 11.5. The maximum Gasteiger partial charge on any atom is 0.323 e. The van der Waals surface area contributed by atoms with Crippen molar-refractivity contribution in [2.24, 2.45) is 5.41 Å². The van der Waals surface area contributed by atoms with Gasteiger partial charge in [0.05, 0.1) is 0 Å². The van der Waals surface area contributed by atoms with E-state index < -0.39 is 0 Å². The number of nitrogens with zero attached hydrogens (tertiary/aromatic N) is 2. The fourth-order valence-electron chi connectivity index (χ4n) is 2.35. The summed E-state index contributed by atoms with van der Waals surface area (Å²) >= 11 is 0. The highest BCUT2D eigenvalue weighted by Crippen LogP contribution is 2.41. The van der Waals surface area contributed by atoms with E-state index in [1.54, 1.807) is 0 Å². The van der Waals surface area contributed by atoms with Crippen LogP contribution in [0.15, 0.2) is 11.1 Å². The van der Waals surface area contributed by atoms with Gasteiger partial charge in [-0.1, -0.05) is 25.0 Å². The van der Waals surface area contributed by atoms with Gasteiger partial charge in [-0.3, -0.25) is 4.79 Å². The molecule has 0 heterocycles. The lowest BCUT2D eigenvalue weighted by Crippen LogP contribution is -2.22. The molecular formula is C12H18N2O. The molecule has 82 valence electrons. The molecule has 0 N–H and O–H groups in total. The van der Waals surface area contributed by atoms with Gasteiger partial charge < -0.3 is 5.53 Å². The van der Waals surface area contributed by atoms with Crippen LogP contribution in [0.2, 0.25) is 0 Å². The largest absolute Gasteiger partial charge is 0.361 e. The fourth-order valence-corrected chi connectivity index (χ4v) is 2.35. The molecule has 15 heavy (non-hydrogen) atoms. The minimum absolute atomic E-state index is 0.112. The predicted molar refractivity (Wildman–Crippen MR) is 59.6 cm³/mol. The SMILES string of the molecule is CC1=C(CC(=O)C=[N+]=[N-])C(C)(C)CCC1. The van der Waals surface area contributed by atoms with E-state index >= 15 is 0 Å². The molecule has 0 amide bonds. The molecule has 0 spiro atoms. The Hall–Kier alpha value is -1.21. The van der Waals surface area contributed by atoms with E-state index in [-0.39, 0.29) is 11.2 Å². The zero-order valence-corrected chi connectivity index (χ0v) is 9.71. The standard InChI is InChI=1S/C12H18N2O/c1-9-5-4-6-12(2,3)11(9)7-10(15)8-14-13/h8H,4-7H2,1-3H3. The first-order valence-electron chi connectivity index (χ1n) is 5.37. The van der Waals surface area contributed by atoms with Crippen molar-refractivity contribution >= 4 is 12.0 Å². The quantitative estimate of drug-likeness (QED) is 0.303. The molecule has 0 saturated carbocycles. The molecule has 1 aliphatic carbocycles. The van der Waals surface area contributed by atoms with E-state index in [0.29, 0.717) is 6.42 Å². The van der Waals surface area contributed by atoms with Crippen LogP contribution in [0.25, 0.3) is 5.53 Å². The summed E-state index contributed by atoms with van der Waals surface area (Å²) in [7, 11) is 0. The Morgan fingerprint density at radius 2 is 2.27 bits per heavy atom. The van der Waals surface area contributed by atoms with Gasteiger partial charge in [0.15, 0.2) is 0 Å². The van der Waals surface area contributed by atoms with Gasteiger partial charge in [0.1, 0.15) is 0 Å². The minimum atomic E-state index is -0.123. The average molecular weight is 206 g/mol. The highest BCUT2D eigenvalue weighted by atomic mass is 16.1. The smallest absolute Gasteiger partial charge is 0.323 e. The van der Waals surface area contributed by atoms with Gasteiger partial charge >= 0.3 is 6.21 Å². The van der Waals surface area contributed by atoms with Crippen molar-refractivity contribution in [1.29, 1.82) is 0 Å². The molecule has 0 aromatic rings. The summed E-state index contributed by atoms with van der Waals surface area (Å²) in [4.78, 5) is 14.2. The van der Waals surface area contributed by atoms with Crippen molar-refractivity contribution in [3.63, 3.8) is 0 Å². The molecule has 3 heteroatoms. The molecule has 0 unspecified atom stereocenters. The number of allylic oxidation sites excluding steroid dienone is 2. The van der Waals surface area contributed by atoms with Crippen LogP contribution < -0.4 is 0 Å². The van der Waals surface area contributed by atoms with Gasteiger partial charge in [0.25, 0.3) is 0 Å². The van der Waals surface area contributed by atoms with Crippen LogP contribution in [-0.4, -0.2) is 16.8 Å². The van der Waals surface area contributed by atoms with E-state index in [1.807, 2.05) is 0 Å². The Balaban J connectivity index is 2.90. The van der Waals surface area contributed by atoms with Crippen molar-refractivity contribution in [1.82, 2.24) is 0 Å². The Morgan fingerprint density at radius 1 is 1.60 bits per heavy atom. The summed E-state index contributed by atoms with van der Waals surface area (Å²) in [6.45, 7) is 6.45. The maximum atomic E-state index is 11.4. The van der Waals surface area contributed by atoms with E-state index in [0.717, 1.165) is 19.1 Å². The first-order valence-corrected chi connectivity index (χ1v) is 5.37. The van der Waals surface area contributed by atoms with E-state index in [9.17, 15) is 4.79 Å². The van der Waals surface area contributed by atoms with Crippen LogP contribution in [0.3, 0.4) is 0 Å². The third-order valence-electron chi connectivity index (χ3n) is 3.24. The normalized spacial score (nSPS) is 19.7. The van der Waals surface area contributed by atoms with Crippen molar-refractivity contribution in [2.45, 2.75) is 46.5 Å². The molecule has 0 aromatic carbocycles. The minimum Gasteiger partial charge on any atom is -0.361 e. The van der Waals surface area contributed by atoms with Gasteiger partial charge in [-0.05, 0) is 31.6 Å². The lowest BCUT2D eigenvalue weighted by Gasteiger charge is -2.33. The highest BCUT2D eigenvalue weighted by molar-refractivity contribution is 6.25. The number of hydrogen-bond donors (Lipinski definition) is 0. The Bertz CT molecular complexity index is 347. The third-order valence-corrected chi connectivity index (χ3v) is 3.24. The summed E-state index contributed by atoms with van der Waals surface area (Å²) in [5.74, 6) is -0.123. The molecular weight excluding hydrogens is 188 g/mol. The number of carbonyl (C=O) groups is 1. The van der Waals surface area contributed by atoms with E-state index in [2.05, 4.69) is 25.6 Å². The lowest BCUT2D eigenvalue weighted by atomic mass is 9.71. The molecule has 0 aromatic heterocycles. The molecule has 3 nitrogen and oxygen atoms in total. The van der Waals surface area contributed by atoms with Gasteiger partial charge in [-0.15, -0.1) is 0 Å². The van der Waals surface area contributed by atoms with Gasteiger partial charge in [-0.25, -0.2) is 0 Å². The number of rotatable bonds is 3. The van der Waals surface area contributed by atoms with E-state index in [1.165, 1.54) is 17.6 Å². The molecule has 0 atom stereocenters. The molecule has 0 bridgehead atoms. The van der Waals surface area contributed by atoms with Crippen LogP contribution in [0.5, 0.6) is 0 Å². The maximum absolute atomic E-state index is 11.4. The van der Waals surface area contributed by atoms with Crippen molar-refractivity contribution < 1.29 is 9.58 Å². The Kier molecular flexibility index (Phi) is 3.59. The topological polar surface area (TPSA) is 53.5 Å². The summed E-state index contributed by atoms with van der Waals surface area (Å²) in [5.41, 5.74) is 11.0. The van der Waals surface area contributed by atoms with E-state index in [4.69, 9.17) is 5.53 Å². The second kappa shape index (κ2) is 4.54. The molecule has 0 saturated heterocycles. The summed E-state index contributed by atoms with van der Waals surface area (Å²) < 4.78 is 0. The molecule has 1 rings (SSSR count). The van der Waals surface area contributed by atoms with Gasteiger partial charge in [-0.2, -0.15) is 4.79 Å². The zero-order valence-electron chi connectivity index (χ0n) is 9.71. The van der Waals surface area contributed by atoms with Crippen LogP contribution in [-0.2, 0) is 4.79 Å². The fraction of sp³-hybridized carbons (Fsp3) is 0.667. The molecule has 1 aliphatic rings. The Labute approximate surface area is 90.8 Å². The third kappa shape index (κ3) is 2.87. The van der Waals surface area contributed by atoms with Crippen LogP contribution in [0, 0.1) is 5.41 Å². The predicted octanol–water partition coefficient (Wildman–Crippen LogP) is 2.77. The summed E-state index contributed by atoms with van der Waals surface area (Å²) in [6, 6.07) is 0. The highest BCUT2D eigenvalue weighted by Gasteiger charge is 2.29. The van der Waals surface area contributed by atoms with Crippen LogP contribution in [0.4, 0.5) is 0 Å². The second-order valence-electron chi connectivity index (χ2n) is 4.88. The average Bonchev–Trinajstić information content (AvgIpc) is 2.12. The van der Waals surface area contributed by atoms with Crippen LogP contribution in [0.1, 0.15) is 46.5 Å². The monoisotopic (exact) mass is 206 g/mol. The number of hydrogen-bond acceptors (Lipinski definition) is 1. The van der Waals surface area contributed by atoms with Crippen LogP contribution >= 0.6 is 0 Å². The summed E-state index contributed by atoms with van der Waals surface area (Å²) in [6.07, 6.45) is 4.80. The molecule has 0 fully saturated rings. The first kappa shape index (κ1) is 11.9. The van der Waals surface area contributed by atoms with Crippen molar-refractivity contribution in [2.75, 3.05) is 0 Å². The van der Waals surface area contributed by atoms with Crippen molar-refractivity contribution in [3.05, 3.63) is 16.7 Å². The Morgan fingerprint density at radius 3 is 2.80 bits per heavy atom. The number of Topliss-reactive ketones (excluding diaryl/α,β-unsaturated/α-hetero) is 1. The second-order valence-corrected chi connectivity index (χ2v) is 4.88. The van der Waals surface area contributed by atoms with Gasteiger partial charge in [0, 0.05) is 6.42 Å².